The van der Waals surface area contributed by atoms with Gasteiger partial charge in [-0.3, -0.25) is 4.98 Å². The lowest BCUT2D eigenvalue weighted by Crippen LogP contribution is -2.20. The molecule has 2 heteroatoms. The number of aromatic nitrogens is 1. The average molecular weight is 505 g/mol. The molecule has 190 valence electrons. The van der Waals surface area contributed by atoms with E-state index in [0.717, 1.165) is 17.0 Å². The standard InChI is InChI=1S/C37H32N2/c1-23(2)27-16-9-18-29-24(3)28-17-7-13-26-14-8-20-32(35(26)28)37(39-36(27)29)34-22-10-21-33(38-34)31-19-6-12-25-11-4-5-15-30(25)31/h4-24,37,39H,1-3H3. The van der Waals surface area contributed by atoms with Crippen molar-refractivity contribution in [2.45, 2.75) is 38.6 Å². The van der Waals surface area contributed by atoms with Gasteiger partial charge < -0.3 is 5.32 Å². The van der Waals surface area contributed by atoms with E-state index < -0.39 is 0 Å². The van der Waals surface area contributed by atoms with Crippen LogP contribution in [-0.2, 0) is 0 Å². The molecule has 2 atom stereocenters. The van der Waals surface area contributed by atoms with Crippen molar-refractivity contribution < 1.29 is 0 Å². The van der Waals surface area contributed by atoms with Gasteiger partial charge in [0, 0.05) is 17.2 Å². The third-order valence-corrected chi connectivity index (χ3v) is 8.38. The van der Waals surface area contributed by atoms with Gasteiger partial charge in [0.25, 0.3) is 0 Å². The Labute approximate surface area is 230 Å². The Balaban J connectivity index is 1.49. The van der Waals surface area contributed by atoms with Crippen LogP contribution in [0.5, 0.6) is 0 Å². The molecule has 0 amide bonds. The monoisotopic (exact) mass is 504 g/mol. The van der Waals surface area contributed by atoms with Crippen molar-refractivity contribution in [3.05, 3.63) is 143 Å². The predicted molar refractivity (Wildman–Crippen MR) is 165 cm³/mol. The number of pyridine rings is 1. The third-order valence-electron chi connectivity index (χ3n) is 8.38. The first-order valence-electron chi connectivity index (χ1n) is 14.0. The van der Waals surface area contributed by atoms with Crippen molar-refractivity contribution in [2.75, 3.05) is 5.32 Å². The van der Waals surface area contributed by atoms with Crippen molar-refractivity contribution in [1.29, 1.82) is 0 Å². The van der Waals surface area contributed by atoms with E-state index in [9.17, 15) is 0 Å². The van der Waals surface area contributed by atoms with E-state index >= 15 is 0 Å². The summed E-state index contributed by atoms with van der Waals surface area (Å²) in [4.78, 5) is 5.35. The number of nitrogens with one attached hydrogen (secondary N) is 1. The first-order chi connectivity index (χ1) is 19.1. The molecule has 39 heavy (non-hydrogen) atoms. The fourth-order valence-electron chi connectivity index (χ4n) is 6.43. The molecule has 1 aliphatic heterocycles. The summed E-state index contributed by atoms with van der Waals surface area (Å²) in [6.45, 7) is 6.91. The normalized spacial score (nSPS) is 16.5. The number of hydrogen-bond donors (Lipinski definition) is 1. The van der Waals surface area contributed by atoms with Crippen LogP contribution in [0.3, 0.4) is 0 Å². The van der Waals surface area contributed by atoms with E-state index in [0.29, 0.717) is 5.92 Å². The maximum atomic E-state index is 5.35. The quantitative estimate of drug-likeness (QED) is 0.259. The summed E-state index contributed by atoms with van der Waals surface area (Å²) in [7, 11) is 0. The lowest BCUT2D eigenvalue weighted by Gasteiger charge is -2.32. The van der Waals surface area contributed by atoms with Crippen LogP contribution in [0, 0.1) is 0 Å². The minimum absolute atomic E-state index is 0.0871. The number of rotatable bonds is 3. The SMILES string of the molecule is CC(C)c1cccc2c1NC(c1cccc(-c3cccc4ccccc34)n1)c1cccc3cccc(c13)C2C. The average Bonchev–Trinajstić information content (AvgIpc) is 2.98. The Morgan fingerprint density at radius 2 is 1.31 bits per heavy atom. The second-order valence-electron chi connectivity index (χ2n) is 11.0. The molecule has 0 spiro atoms. The van der Waals surface area contributed by atoms with Crippen LogP contribution in [0.1, 0.15) is 66.6 Å². The highest BCUT2D eigenvalue weighted by Crippen LogP contribution is 2.45. The van der Waals surface area contributed by atoms with Gasteiger partial charge >= 0.3 is 0 Å². The summed E-state index contributed by atoms with van der Waals surface area (Å²) in [5.41, 5.74) is 9.79. The van der Waals surface area contributed by atoms with Crippen LogP contribution < -0.4 is 5.32 Å². The molecular formula is C37H32N2. The first-order valence-corrected chi connectivity index (χ1v) is 14.0. The minimum Gasteiger partial charge on any atom is -0.372 e. The number of hydrogen-bond acceptors (Lipinski definition) is 2. The predicted octanol–water partition coefficient (Wildman–Crippen LogP) is 9.85. The highest BCUT2D eigenvalue weighted by atomic mass is 15.0. The van der Waals surface area contributed by atoms with Gasteiger partial charge in [-0.15, -0.1) is 0 Å². The van der Waals surface area contributed by atoms with Crippen LogP contribution in [0.15, 0.2) is 115 Å². The maximum Gasteiger partial charge on any atom is 0.0946 e. The number of nitrogens with zero attached hydrogens (tertiary/aromatic N) is 1. The van der Waals surface area contributed by atoms with Crippen molar-refractivity contribution in [2.24, 2.45) is 0 Å². The van der Waals surface area contributed by atoms with Gasteiger partial charge in [-0.25, -0.2) is 0 Å². The zero-order chi connectivity index (χ0) is 26.5. The minimum atomic E-state index is -0.0871. The number of benzene rings is 5. The van der Waals surface area contributed by atoms with E-state index in [1.807, 2.05) is 0 Å². The second-order valence-corrected chi connectivity index (χ2v) is 11.0. The van der Waals surface area contributed by atoms with E-state index in [4.69, 9.17) is 4.98 Å². The summed E-state index contributed by atoms with van der Waals surface area (Å²) in [6.07, 6.45) is 0. The fraction of sp³-hybridized carbons (Fsp3) is 0.162. The zero-order valence-corrected chi connectivity index (χ0v) is 22.6. The lowest BCUT2D eigenvalue weighted by molar-refractivity contribution is 0.822. The molecule has 0 saturated heterocycles. The molecule has 0 radical (unpaired) electrons. The maximum absolute atomic E-state index is 5.35. The van der Waals surface area contributed by atoms with Gasteiger partial charge in [0.05, 0.1) is 17.4 Å². The summed E-state index contributed by atoms with van der Waals surface area (Å²) in [6, 6.07) is 41.7. The number of fused-ring (bicyclic) bond motifs is 2. The molecule has 7 rings (SSSR count). The van der Waals surface area contributed by atoms with E-state index in [2.05, 4.69) is 141 Å². The Morgan fingerprint density at radius 1 is 0.641 bits per heavy atom. The van der Waals surface area contributed by atoms with Crippen molar-refractivity contribution in [3.8, 4) is 11.3 Å². The Kier molecular flexibility index (Phi) is 5.70. The van der Waals surface area contributed by atoms with Gasteiger partial charge in [0.15, 0.2) is 0 Å². The molecule has 0 aliphatic carbocycles. The molecule has 1 aromatic heterocycles. The highest BCUT2D eigenvalue weighted by molar-refractivity contribution is 5.96. The molecule has 0 fully saturated rings. The van der Waals surface area contributed by atoms with E-state index in [1.165, 1.54) is 49.5 Å². The molecule has 6 aromatic rings. The van der Waals surface area contributed by atoms with Gasteiger partial charge in [0.2, 0.25) is 0 Å². The number of para-hydroxylation sites is 1. The molecule has 0 saturated carbocycles. The van der Waals surface area contributed by atoms with Gasteiger partial charge in [0.1, 0.15) is 0 Å². The molecule has 0 bridgehead atoms. The van der Waals surface area contributed by atoms with Crippen LogP contribution in [0.2, 0.25) is 0 Å². The van der Waals surface area contributed by atoms with E-state index in [1.54, 1.807) is 0 Å². The Hall–Kier alpha value is -4.43. The molecule has 5 aromatic carbocycles. The zero-order valence-electron chi connectivity index (χ0n) is 22.6. The highest BCUT2D eigenvalue weighted by Gasteiger charge is 2.28. The molecular weight excluding hydrogens is 472 g/mol. The second kappa shape index (κ2) is 9.39. The largest absolute Gasteiger partial charge is 0.372 e. The topological polar surface area (TPSA) is 24.9 Å². The van der Waals surface area contributed by atoms with Gasteiger partial charge in [-0.05, 0) is 61.8 Å². The summed E-state index contributed by atoms with van der Waals surface area (Å²) in [5.74, 6) is 0.674. The lowest BCUT2D eigenvalue weighted by atomic mass is 9.81. The van der Waals surface area contributed by atoms with Crippen molar-refractivity contribution >= 4 is 27.2 Å². The Bertz CT molecular complexity index is 1840. The number of anilines is 1. The first kappa shape index (κ1) is 23.7. The Morgan fingerprint density at radius 3 is 2.15 bits per heavy atom. The summed E-state index contributed by atoms with van der Waals surface area (Å²) >= 11 is 0. The smallest absolute Gasteiger partial charge is 0.0946 e. The van der Waals surface area contributed by atoms with Crippen LogP contribution in [0.25, 0.3) is 32.8 Å². The van der Waals surface area contributed by atoms with Crippen LogP contribution in [-0.4, -0.2) is 4.98 Å². The third kappa shape index (κ3) is 3.90. The van der Waals surface area contributed by atoms with Gasteiger partial charge in [-0.1, -0.05) is 124 Å². The van der Waals surface area contributed by atoms with Crippen LogP contribution >= 0.6 is 0 Å². The van der Waals surface area contributed by atoms with E-state index in [-0.39, 0.29) is 12.0 Å². The molecule has 2 heterocycles. The molecule has 1 aliphatic rings. The van der Waals surface area contributed by atoms with Crippen molar-refractivity contribution in [1.82, 2.24) is 4.98 Å². The summed E-state index contributed by atoms with van der Waals surface area (Å²) < 4.78 is 0. The fourth-order valence-corrected chi connectivity index (χ4v) is 6.43. The summed E-state index contributed by atoms with van der Waals surface area (Å²) in [5, 5.41) is 9.12. The van der Waals surface area contributed by atoms with Gasteiger partial charge in [-0.2, -0.15) is 0 Å². The molecule has 1 N–H and O–H groups in total. The molecule has 2 nitrogen and oxygen atoms in total. The van der Waals surface area contributed by atoms with Crippen LogP contribution in [0.4, 0.5) is 5.69 Å². The van der Waals surface area contributed by atoms with Crippen molar-refractivity contribution in [3.63, 3.8) is 0 Å². The molecule has 2 unspecified atom stereocenters.